The highest BCUT2D eigenvalue weighted by molar-refractivity contribution is 6.42. The molecule has 0 saturated carbocycles. The van der Waals surface area contributed by atoms with Crippen LogP contribution in [0.15, 0.2) is 84.0 Å². The third-order valence-corrected chi connectivity index (χ3v) is 5.83. The SMILES string of the molecule is CC(=NN1C(=O)CN(Cc2ccccc2)C1c1ccc(Cl)c(Cl)c1)c1ccccc1. The van der Waals surface area contributed by atoms with E-state index >= 15 is 0 Å². The lowest BCUT2D eigenvalue weighted by molar-refractivity contribution is -0.128. The number of carbonyl (C=O) groups excluding carboxylic acids is 1. The summed E-state index contributed by atoms with van der Waals surface area (Å²) < 4.78 is 0. The summed E-state index contributed by atoms with van der Waals surface area (Å²) in [5, 5.41) is 7.21. The molecule has 3 aromatic rings. The highest BCUT2D eigenvalue weighted by Crippen LogP contribution is 2.35. The van der Waals surface area contributed by atoms with Gasteiger partial charge in [-0.2, -0.15) is 5.10 Å². The monoisotopic (exact) mass is 437 g/mol. The average molecular weight is 438 g/mol. The highest BCUT2D eigenvalue weighted by Gasteiger charge is 2.39. The molecule has 1 heterocycles. The molecule has 1 unspecified atom stereocenters. The fraction of sp³-hybridized carbons (Fsp3) is 0.167. The predicted octanol–water partition coefficient (Wildman–Crippen LogP) is 5.76. The largest absolute Gasteiger partial charge is 0.271 e. The molecule has 1 amide bonds. The van der Waals surface area contributed by atoms with Crippen molar-refractivity contribution < 1.29 is 4.79 Å². The first-order valence-electron chi connectivity index (χ1n) is 9.68. The van der Waals surface area contributed by atoms with Crippen molar-refractivity contribution in [3.8, 4) is 0 Å². The first-order chi connectivity index (χ1) is 14.5. The third kappa shape index (κ3) is 4.41. The van der Waals surface area contributed by atoms with Crippen LogP contribution in [0, 0.1) is 0 Å². The molecule has 30 heavy (non-hydrogen) atoms. The molecule has 0 spiro atoms. The lowest BCUT2D eigenvalue weighted by atomic mass is 10.1. The van der Waals surface area contributed by atoms with E-state index in [-0.39, 0.29) is 18.6 Å². The average Bonchev–Trinajstić information content (AvgIpc) is 3.06. The molecule has 1 aliphatic heterocycles. The minimum absolute atomic E-state index is 0.0581. The molecule has 1 fully saturated rings. The first-order valence-corrected chi connectivity index (χ1v) is 10.4. The maximum Gasteiger partial charge on any atom is 0.258 e. The Morgan fingerprint density at radius 3 is 2.30 bits per heavy atom. The number of rotatable bonds is 5. The molecular weight excluding hydrogens is 417 g/mol. The minimum Gasteiger partial charge on any atom is -0.271 e. The van der Waals surface area contributed by atoms with Crippen molar-refractivity contribution in [2.24, 2.45) is 5.10 Å². The van der Waals surface area contributed by atoms with Crippen LogP contribution in [0.2, 0.25) is 10.0 Å². The highest BCUT2D eigenvalue weighted by atomic mass is 35.5. The molecular formula is C24H21Cl2N3O. The Morgan fingerprint density at radius 1 is 0.967 bits per heavy atom. The zero-order valence-corrected chi connectivity index (χ0v) is 18.0. The Labute approximate surface area is 186 Å². The summed E-state index contributed by atoms with van der Waals surface area (Å²) in [5.41, 5.74) is 3.74. The quantitative estimate of drug-likeness (QED) is 0.475. The number of carbonyl (C=O) groups is 1. The molecule has 6 heteroatoms. The maximum absolute atomic E-state index is 13.0. The van der Waals surface area contributed by atoms with Gasteiger partial charge in [-0.1, -0.05) is 89.9 Å². The smallest absolute Gasteiger partial charge is 0.258 e. The lowest BCUT2D eigenvalue weighted by Gasteiger charge is -2.28. The van der Waals surface area contributed by atoms with E-state index in [1.165, 1.54) is 0 Å². The fourth-order valence-electron chi connectivity index (χ4n) is 3.62. The van der Waals surface area contributed by atoms with Crippen molar-refractivity contribution in [3.05, 3.63) is 106 Å². The summed E-state index contributed by atoms with van der Waals surface area (Å²) in [6, 6.07) is 25.4. The Morgan fingerprint density at radius 2 is 1.63 bits per heavy atom. The number of hydrogen-bond acceptors (Lipinski definition) is 3. The lowest BCUT2D eigenvalue weighted by Crippen LogP contribution is -2.29. The zero-order chi connectivity index (χ0) is 21.1. The predicted molar refractivity (Wildman–Crippen MR) is 122 cm³/mol. The number of hydrazone groups is 1. The number of benzene rings is 3. The van der Waals surface area contributed by atoms with Crippen molar-refractivity contribution >= 4 is 34.8 Å². The van der Waals surface area contributed by atoms with Crippen LogP contribution in [0.1, 0.15) is 29.8 Å². The molecule has 0 bridgehead atoms. The summed E-state index contributed by atoms with van der Waals surface area (Å²) in [4.78, 5) is 15.1. The molecule has 0 aromatic heterocycles. The number of hydrogen-bond donors (Lipinski definition) is 0. The third-order valence-electron chi connectivity index (χ3n) is 5.09. The maximum atomic E-state index is 13.0. The fourth-order valence-corrected chi connectivity index (χ4v) is 3.92. The second kappa shape index (κ2) is 9.00. The normalized spacial score (nSPS) is 17.6. The van der Waals surface area contributed by atoms with Gasteiger partial charge in [0, 0.05) is 6.54 Å². The van der Waals surface area contributed by atoms with Crippen molar-refractivity contribution in [2.45, 2.75) is 19.6 Å². The Hall–Kier alpha value is -2.66. The van der Waals surface area contributed by atoms with E-state index in [1.807, 2.05) is 67.6 Å². The van der Waals surface area contributed by atoms with E-state index in [9.17, 15) is 4.79 Å². The second-order valence-electron chi connectivity index (χ2n) is 7.23. The van der Waals surface area contributed by atoms with Crippen LogP contribution in [0.4, 0.5) is 0 Å². The van der Waals surface area contributed by atoms with Gasteiger partial charge in [0.15, 0.2) is 0 Å². The summed E-state index contributed by atoms with van der Waals surface area (Å²) in [6.45, 7) is 2.80. The van der Waals surface area contributed by atoms with Crippen molar-refractivity contribution in [1.82, 2.24) is 9.91 Å². The number of amides is 1. The van der Waals surface area contributed by atoms with E-state index in [1.54, 1.807) is 11.1 Å². The van der Waals surface area contributed by atoms with Crippen LogP contribution in [0.5, 0.6) is 0 Å². The van der Waals surface area contributed by atoms with E-state index in [4.69, 9.17) is 28.3 Å². The molecule has 0 aliphatic carbocycles. The van der Waals surface area contributed by atoms with Gasteiger partial charge in [-0.15, -0.1) is 0 Å². The van der Waals surface area contributed by atoms with Gasteiger partial charge in [0.05, 0.1) is 22.3 Å². The number of nitrogens with zero attached hydrogens (tertiary/aromatic N) is 3. The van der Waals surface area contributed by atoms with Gasteiger partial charge in [-0.05, 0) is 35.7 Å². The molecule has 4 rings (SSSR count). The van der Waals surface area contributed by atoms with Gasteiger partial charge in [0.25, 0.3) is 5.91 Å². The Kier molecular flexibility index (Phi) is 6.18. The Bertz CT molecular complexity index is 1070. The van der Waals surface area contributed by atoms with Crippen molar-refractivity contribution in [1.29, 1.82) is 0 Å². The standard InChI is InChI=1S/C24H21Cl2N3O/c1-17(19-10-6-3-7-11-19)27-29-23(30)16-28(15-18-8-4-2-5-9-18)24(29)20-12-13-21(25)22(26)14-20/h2-14,24H,15-16H2,1H3. The van der Waals surface area contributed by atoms with Crippen LogP contribution in [0.3, 0.4) is 0 Å². The van der Waals surface area contributed by atoms with Crippen molar-refractivity contribution in [3.63, 3.8) is 0 Å². The minimum atomic E-state index is -0.369. The molecule has 3 aromatic carbocycles. The first kappa shape index (κ1) is 20.6. The van der Waals surface area contributed by atoms with E-state index < -0.39 is 0 Å². The molecule has 0 radical (unpaired) electrons. The van der Waals surface area contributed by atoms with E-state index in [2.05, 4.69) is 17.0 Å². The Balaban J connectivity index is 1.73. The number of halogens is 2. The summed E-state index contributed by atoms with van der Waals surface area (Å²) in [7, 11) is 0. The van der Waals surface area contributed by atoms with Gasteiger partial charge in [-0.3, -0.25) is 9.69 Å². The van der Waals surface area contributed by atoms with Gasteiger partial charge < -0.3 is 0 Å². The van der Waals surface area contributed by atoms with Gasteiger partial charge >= 0.3 is 0 Å². The van der Waals surface area contributed by atoms with Crippen LogP contribution in [-0.2, 0) is 11.3 Å². The molecule has 1 saturated heterocycles. The summed E-state index contributed by atoms with van der Waals surface area (Å²) in [5.74, 6) is -0.0581. The van der Waals surface area contributed by atoms with Crippen LogP contribution in [0.25, 0.3) is 0 Å². The van der Waals surface area contributed by atoms with Crippen LogP contribution >= 0.6 is 23.2 Å². The van der Waals surface area contributed by atoms with Gasteiger partial charge in [0.1, 0.15) is 6.17 Å². The topological polar surface area (TPSA) is 35.9 Å². The molecule has 152 valence electrons. The van der Waals surface area contributed by atoms with Gasteiger partial charge in [-0.25, -0.2) is 5.01 Å². The van der Waals surface area contributed by atoms with Crippen molar-refractivity contribution in [2.75, 3.05) is 6.54 Å². The second-order valence-corrected chi connectivity index (χ2v) is 8.04. The van der Waals surface area contributed by atoms with Gasteiger partial charge in [0.2, 0.25) is 0 Å². The summed E-state index contributed by atoms with van der Waals surface area (Å²) >= 11 is 12.4. The summed E-state index contributed by atoms with van der Waals surface area (Å²) in [6.07, 6.45) is -0.369. The van der Waals surface area contributed by atoms with E-state index in [0.717, 1.165) is 22.4 Å². The molecule has 1 atom stereocenters. The van der Waals surface area contributed by atoms with E-state index in [0.29, 0.717) is 16.6 Å². The van der Waals surface area contributed by atoms with Crippen LogP contribution < -0.4 is 0 Å². The molecule has 4 nitrogen and oxygen atoms in total. The zero-order valence-electron chi connectivity index (χ0n) is 16.5. The molecule has 1 aliphatic rings. The molecule has 0 N–H and O–H groups in total. The van der Waals surface area contributed by atoms with Crippen LogP contribution in [-0.4, -0.2) is 28.1 Å².